The van der Waals surface area contributed by atoms with Gasteiger partial charge in [0.15, 0.2) is 0 Å². The van der Waals surface area contributed by atoms with E-state index >= 15 is 0 Å². The third-order valence-corrected chi connectivity index (χ3v) is 3.59. The summed E-state index contributed by atoms with van der Waals surface area (Å²) < 4.78 is 0. The van der Waals surface area contributed by atoms with Crippen molar-refractivity contribution >= 4 is 46.8 Å². The molecule has 18 heavy (non-hydrogen) atoms. The number of halogens is 1. The molecule has 0 aliphatic carbocycles. The second-order valence-corrected chi connectivity index (χ2v) is 4.98. The average molecular weight is 286 g/mol. The van der Waals surface area contributed by atoms with Crippen LogP contribution >= 0.6 is 23.4 Å². The summed E-state index contributed by atoms with van der Waals surface area (Å²) >= 11 is 7.17. The Morgan fingerprint density at radius 3 is 2.39 bits per heavy atom. The fourth-order valence-electron chi connectivity index (χ4n) is 1.58. The molecule has 1 aliphatic rings. The fourth-order valence-corrected chi connectivity index (χ4v) is 2.56. The first kappa shape index (κ1) is 12.9. The lowest BCUT2D eigenvalue weighted by atomic mass is 10.2. The normalized spacial score (nSPS) is 15.9. The summed E-state index contributed by atoms with van der Waals surface area (Å²) in [5, 5.41) is 8.88. The zero-order valence-electron chi connectivity index (χ0n) is 9.05. The molecule has 1 N–H and O–H groups in total. The predicted molar refractivity (Wildman–Crippen MR) is 68.2 cm³/mol. The summed E-state index contributed by atoms with van der Waals surface area (Å²) in [4.78, 5) is 35.1. The molecule has 0 bridgehead atoms. The maximum atomic E-state index is 11.7. The lowest BCUT2D eigenvalue weighted by molar-refractivity contribution is -0.124. The SMILES string of the molecule is O=C(O)c1ccc(N2C(=O)CSCC2=O)c(Cl)c1. The van der Waals surface area contributed by atoms with Gasteiger partial charge in [-0.15, -0.1) is 11.8 Å². The maximum absolute atomic E-state index is 11.7. The lowest BCUT2D eigenvalue weighted by Crippen LogP contribution is -2.43. The molecule has 94 valence electrons. The first-order valence-electron chi connectivity index (χ1n) is 4.97. The number of imide groups is 1. The largest absolute Gasteiger partial charge is 0.478 e. The van der Waals surface area contributed by atoms with Crippen LogP contribution in [-0.4, -0.2) is 34.4 Å². The van der Waals surface area contributed by atoms with Crippen LogP contribution in [0.25, 0.3) is 0 Å². The highest BCUT2D eigenvalue weighted by Gasteiger charge is 2.29. The fraction of sp³-hybridized carbons (Fsp3) is 0.182. The number of benzene rings is 1. The van der Waals surface area contributed by atoms with Gasteiger partial charge in [0.05, 0.1) is 27.8 Å². The average Bonchev–Trinajstić information content (AvgIpc) is 2.30. The number of rotatable bonds is 2. The minimum Gasteiger partial charge on any atom is -0.478 e. The van der Waals surface area contributed by atoms with E-state index in [0.717, 1.165) is 4.90 Å². The van der Waals surface area contributed by atoms with Gasteiger partial charge in [-0.2, -0.15) is 0 Å². The molecule has 1 saturated heterocycles. The van der Waals surface area contributed by atoms with Crippen LogP contribution in [0.1, 0.15) is 10.4 Å². The molecule has 0 atom stereocenters. The molecule has 1 aromatic rings. The van der Waals surface area contributed by atoms with Crippen LogP contribution in [0.4, 0.5) is 5.69 Å². The number of carbonyl (C=O) groups is 3. The van der Waals surface area contributed by atoms with Crippen LogP contribution in [-0.2, 0) is 9.59 Å². The number of hydrogen-bond donors (Lipinski definition) is 1. The molecule has 0 spiro atoms. The van der Waals surface area contributed by atoms with Gasteiger partial charge in [-0.1, -0.05) is 11.6 Å². The van der Waals surface area contributed by atoms with Gasteiger partial charge in [0.1, 0.15) is 0 Å². The lowest BCUT2D eigenvalue weighted by Gasteiger charge is -2.25. The number of amides is 2. The predicted octanol–water partition coefficient (Wildman–Crippen LogP) is 1.64. The molecule has 1 aliphatic heterocycles. The number of carbonyl (C=O) groups excluding carboxylic acids is 2. The Bertz CT molecular complexity index is 530. The smallest absolute Gasteiger partial charge is 0.335 e. The summed E-state index contributed by atoms with van der Waals surface area (Å²) in [6.45, 7) is 0. The van der Waals surface area contributed by atoms with E-state index in [2.05, 4.69) is 0 Å². The number of aromatic carboxylic acids is 1. The van der Waals surface area contributed by atoms with Gasteiger partial charge >= 0.3 is 5.97 Å². The monoisotopic (exact) mass is 285 g/mol. The van der Waals surface area contributed by atoms with Crippen molar-refractivity contribution in [2.45, 2.75) is 0 Å². The number of carboxylic acids is 1. The van der Waals surface area contributed by atoms with E-state index in [1.807, 2.05) is 0 Å². The molecule has 0 unspecified atom stereocenters. The first-order chi connectivity index (χ1) is 8.50. The molecular formula is C11H8ClNO4S. The third kappa shape index (κ3) is 2.34. The van der Waals surface area contributed by atoms with E-state index in [-0.39, 0.29) is 39.6 Å². The summed E-state index contributed by atoms with van der Waals surface area (Å²) in [6.07, 6.45) is 0. The van der Waals surface area contributed by atoms with Crippen LogP contribution in [0.2, 0.25) is 5.02 Å². The minimum absolute atomic E-state index is 0.00929. The molecule has 0 aromatic heterocycles. The number of nitrogens with zero attached hydrogens (tertiary/aromatic N) is 1. The second kappa shape index (κ2) is 4.99. The number of carboxylic acid groups (broad SMARTS) is 1. The third-order valence-electron chi connectivity index (χ3n) is 2.39. The summed E-state index contributed by atoms with van der Waals surface area (Å²) in [5.74, 6) is -1.39. The molecule has 0 saturated carbocycles. The number of hydrogen-bond acceptors (Lipinski definition) is 4. The summed E-state index contributed by atoms with van der Waals surface area (Å²) in [6, 6.07) is 3.91. The summed E-state index contributed by atoms with van der Waals surface area (Å²) in [7, 11) is 0. The number of anilines is 1. The molecule has 1 aromatic carbocycles. The van der Waals surface area contributed by atoms with Crippen LogP contribution < -0.4 is 4.90 Å². The van der Waals surface area contributed by atoms with Crippen molar-refractivity contribution in [2.24, 2.45) is 0 Å². The molecule has 0 radical (unpaired) electrons. The van der Waals surface area contributed by atoms with Crippen molar-refractivity contribution in [2.75, 3.05) is 16.4 Å². The Morgan fingerprint density at radius 1 is 1.28 bits per heavy atom. The van der Waals surface area contributed by atoms with Crippen molar-refractivity contribution < 1.29 is 19.5 Å². The van der Waals surface area contributed by atoms with Gasteiger partial charge in [-0.25, -0.2) is 9.69 Å². The van der Waals surface area contributed by atoms with Gasteiger partial charge < -0.3 is 5.11 Å². The van der Waals surface area contributed by atoms with E-state index in [0.29, 0.717) is 0 Å². The van der Waals surface area contributed by atoms with Crippen molar-refractivity contribution in [3.8, 4) is 0 Å². The van der Waals surface area contributed by atoms with Crippen molar-refractivity contribution in [1.82, 2.24) is 0 Å². The van der Waals surface area contributed by atoms with Crippen LogP contribution in [0.3, 0.4) is 0 Å². The Hall–Kier alpha value is -1.53. The molecule has 1 fully saturated rings. The highest BCUT2D eigenvalue weighted by atomic mass is 35.5. The molecular weight excluding hydrogens is 278 g/mol. The highest BCUT2D eigenvalue weighted by Crippen LogP contribution is 2.29. The van der Waals surface area contributed by atoms with Crippen molar-refractivity contribution in [1.29, 1.82) is 0 Å². The Labute approximate surface area is 112 Å². The Morgan fingerprint density at radius 2 is 1.89 bits per heavy atom. The van der Waals surface area contributed by atoms with E-state index in [4.69, 9.17) is 16.7 Å². The van der Waals surface area contributed by atoms with Gasteiger partial charge in [0, 0.05) is 0 Å². The van der Waals surface area contributed by atoms with Crippen molar-refractivity contribution in [3.05, 3.63) is 28.8 Å². The van der Waals surface area contributed by atoms with Gasteiger partial charge in [-0.3, -0.25) is 9.59 Å². The van der Waals surface area contributed by atoms with Gasteiger partial charge in [0.2, 0.25) is 11.8 Å². The van der Waals surface area contributed by atoms with E-state index < -0.39 is 5.97 Å². The van der Waals surface area contributed by atoms with E-state index in [1.165, 1.54) is 30.0 Å². The maximum Gasteiger partial charge on any atom is 0.335 e. The number of thioether (sulfide) groups is 1. The van der Waals surface area contributed by atoms with Crippen LogP contribution in [0.15, 0.2) is 18.2 Å². The Balaban J connectivity index is 2.41. The zero-order valence-corrected chi connectivity index (χ0v) is 10.6. The molecule has 2 rings (SSSR count). The Kier molecular flexibility index (Phi) is 3.58. The minimum atomic E-state index is -1.12. The standard InChI is InChI=1S/C11H8ClNO4S/c12-7-3-6(11(16)17)1-2-8(7)13-9(14)4-18-5-10(13)15/h1-3H,4-5H2,(H,16,17). The van der Waals surface area contributed by atoms with Crippen molar-refractivity contribution in [3.63, 3.8) is 0 Å². The highest BCUT2D eigenvalue weighted by molar-refractivity contribution is 8.00. The first-order valence-corrected chi connectivity index (χ1v) is 6.50. The molecule has 1 heterocycles. The topological polar surface area (TPSA) is 74.7 Å². The zero-order chi connectivity index (χ0) is 13.3. The summed E-state index contributed by atoms with van der Waals surface area (Å²) in [5.41, 5.74) is 0.243. The van der Waals surface area contributed by atoms with Gasteiger partial charge in [-0.05, 0) is 18.2 Å². The van der Waals surface area contributed by atoms with E-state index in [1.54, 1.807) is 0 Å². The molecule has 5 nitrogen and oxygen atoms in total. The van der Waals surface area contributed by atoms with Gasteiger partial charge in [0.25, 0.3) is 0 Å². The second-order valence-electron chi connectivity index (χ2n) is 3.59. The van der Waals surface area contributed by atoms with Crippen LogP contribution in [0, 0.1) is 0 Å². The molecule has 7 heteroatoms. The molecule has 2 amide bonds. The van der Waals surface area contributed by atoms with E-state index in [9.17, 15) is 14.4 Å². The van der Waals surface area contributed by atoms with Crippen LogP contribution in [0.5, 0.6) is 0 Å². The quantitative estimate of drug-likeness (QED) is 0.836.